The predicted molar refractivity (Wildman–Crippen MR) is 77.4 cm³/mol. The first-order chi connectivity index (χ1) is 9.36. The molecule has 0 saturated carbocycles. The minimum atomic E-state index is -0.589. The van der Waals surface area contributed by atoms with Gasteiger partial charge < -0.3 is 4.98 Å². The van der Waals surface area contributed by atoms with Gasteiger partial charge in [0.2, 0.25) is 0 Å². The van der Waals surface area contributed by atoms with Crippen molar-refractivity contribution in [3.63, 3.8) is 0 Å². The molecule has 0 saturated heterocycles. The fraction of sp³-hybridized carbons (Fsp3) is 0.333. The van der Waals surface area contributed by atoms with Crippen molar-refractivity contribution >= 4 is 12.2 Å². The highest BCUT2D eigenvalue weighted by Crippen LogP contribution is 2.19. The number of nitrogens with one attached hydrogen (secondary N) is 1. The average molecular weight is 294 g/mol. The number of hydrogen-bond donors (Lipinski definition) is 1. The van der Waals surface area contributed by atoms with Gasteiger partial charge in [0, 0.05) is 23.7 Å². The van der Waals surface area contributed by atoms with E-state index in [-0.39, 0.29) is 5.92 Å². The molecule has 2 aromatic rings. The molecule has 0 aliphatic rings. The summed E-state index contributed by atoms with van der Waals surface area (Å²) in [6.45, 7) is 6.03. The zero-order chi connectivity index (χ0) is 14.9. The third-order valence-corrected chi connectivity index (χ3v) is 3.39. The minimum absolute atomic E-state index is 0.284. The molecular weight excluding hydrogens is 278 g/mol. The first kappa shape index (κ1) is 14.8. The SMILES string of the molecule is Cc1[nH]c(Cc2cc(F)cc(F)c2)nc(=S)c1C(C)C. The van der Waals surface area contributed by atoms with Crippen LogP contribution in [0.25, 0.3) is 0 Å². The van der Waals surface area contributed by atoms with Crippen molar-refractivity contribution in [1.82, 2.24) is 9.97 Å². The molecule has 0 spiro atoms. The summed E-state index contributed by atoms with van der Waals surface area (Å²) in [4.78, 5) is 7.49. The Morgan fingerprint density at radius 1 is 1.20 bits per heavy atom. The number of aromatic nitrogens is 2. The van der Waals surface area contributed by atoms with Gasteiger partial charge in [-0.15, -0.1) is 0 Å². The van der Waals surface area contributed by atoms with Crippen molar-refractivity contribution in [2.45, 2.75) is 33.1 Å². The maximum absolute atomic E-state index is 13.2. The number of rotatable bonds is 3. The zero-order valence-electron chi connectivity index (χ0n) is 11.6. The molecular formula is C15H16F2N2S. The van der Waals surface area contributed by atoms with Gasteiger partial charge in [-0.1, -0.05) is 26.1 Å². The van der Waals surface area contributed by atoms with E-state index in [1.807, 2.05) is 6.92 Å². The van der Waals surface area contributed by atoms with Crippen molar-refractivity contribution in [2.24, 2.45) is 0 Å². The Balaban J connectivity index is 2.37. The number of halogens is 2. The molecule has 0 aliphatic carbocycles. The van der Waals surface area contributed by atoms with Gasteiger partial charge >= 0.3 is 0 Å². The molecule has 0 aliphatic heterocycles. The van der Waals surface area contributed by atoms with Crippen molar-refractivity contribution in [3.8, 4) is 0 Å². The number of hydrogen-bond acceptors (Lipinski definition) is 2. The molecule has 1 heterocycles. The Hall–Kier alpha value is -1.62. The molecule has 5 heteroatoms. The van der Waals surface area contributed by atoms with E-state index in [0.717, 1.165) is 17.3 Å². The summed E-state index contributed by atoms with van der Waals surface area (Å²) in [5.41, 5.74) is 2.48. The lowest BCUT2D eigenvalue weighted by atomic mass is 10.0. The van der Waals surface area contributed by atoms with E-state index in [0.29, 0.717) is 22.4 Å². The molecule has 0 unspecified atom stereocenters. The second-order valence-corrected chi connectivity index (χ2v) is 5.52. The Morgan fingerprint density at radius 2 is 1.80 bits per heavy atom. The summed E-state index contributed by atoms with van der Waals surface area (Å²) in [6.07, 6.45) is 0.317. The average Bonchev–Trinajstić information content (AvgIpc) is 2.25. The van der Waals surface area contributed by atoms with Crippen molar-refractivity contribution < 1.29 is 8.78 Å². The zero-order valence-corrected chi connectivity index (χ0v) is 12.4. The molecule has 0 amide bonds. The van der Waals surface area contributed by atoms with Crippen LogP contribution in [0.2, 0.25) is 0 Å². The monoisotopic (exact) mass is 294 g/mol. The van der Waals surface area contributed by atoms with Crippen LogP contribution in [0.15, 0.2) is 18.2 Å². The fourth-order valence-electron chi connectivity index (χ4n) is 2.32. The van der Waals surface area contributed by atoms with Crippen LogP contribution in [0, 0.1) is 23.2 Å². The summed E-state index contributed by atoms with van der Waals surface area (Å²) in [7, 11) is 0. The highest BCUT2D eigenvalue weighted by atomic mass is 32.1. The lowest BCUT2D eigenvalue weighted by Gasteiger charge is -2.11. The molecule has 1 aromatic carbocycles. The molecule has 0 atom stereocenters. The largest absolute Gasteiger partial charge is 0.347 e. The minimum Gasteiger partial charge on any atom is -0.347 e. The third kappa shape index (κ3) is 3.28. The summed E-state index contributed by atoms with van der Waals surface area (Å²) in [5, 5.41) is 0. The molecule has 0 radical (unpaired) electrons. The fourth-order valence-corrected chi connectivity index (χ4v) is 2.82. The van der Waals surface area contributed by atoms with Gasteiger partial charge in [0.25, 0.3) is 0 Å². The topological polar surface area (TPSA) is 28.7 Å². The predicted octanol–water partition coefficient (Wildman–Crippen LogP) is 4.44. The normalized spacial score (nSPS) is 11.1. The van der Waals surface area contributed by atoms with Crippen LogP contribution >= 0.6 is 12.2 Å². The Kier molecular flexibility index (Phi) is 4.28. The van der Waals surface area contributed by atoms with Gasteiger partial charge in [0.15, 0.2) is 0 Å². The molecule has 1 N–H and O–H groups in total. The van der Waals surface area contributed by atoms with E-state index in [9.17, 15) is 8.78 Å². The van der Waals surface area contributed by atoms with Gasteiger partial charge in [0.05, 0.1) is 0 Å². The van der Waals surface area contributed by atoms with Gasteiger partial charge in [0.1, 0.15) is 22.1 Å². The Labute approximate surface area is 121 Å². The summed E-state index contributed by atoms with van der Waals surface area (Å²) in [5.74, 6) is -0.281. The third-order valence-electron chi connectivity index (χ3n) is 3.07. The smallest absolute Gasteiger partial charge is 0.133 e. The van der Waals surface area contributed by atoms with E-state index < -0.39 is 11.6 Å². The van der Waals surface area contributed by atoms with Crippen molar-refractivity contribution in [3.05, 3.63) is 57.1 Å². The molecule has 0 fully saturated rings. The van der Waals surface area contributed by atoms with E-state index in [1.54, 1.807) is 0 Å². The number of aromatic amines is 1. The molecule has 2 rings (SSSR count). The van der Waals surface area contributed by atoms with Crippen LogP contribution in [-0.4, -0.2) is 9.97 Å². The van der Waals surface area contributed by atoms with Crippen LogP contribution < -0.4 is 0 Å². The van der Waals surface area contributed by atoms with E-state index in [2.05, 4.69) is 23.8 Å². The van der Waals surface area contributed by atoms with Crippen LogP contribution in [0.1, 0.15) is 42.4 Å². The molecule has 2 nitrogen and oxygen atoms in total. The molecule has 1 aromatic heterocycles. The van der Waals surface area contributed by atoms with Crippen LogP contribution in [0.3, 0.4) is 0 Å². The van der Waals surface area contributed by atoms with Gasteiger partial charge in [-0.3, -0.25) is 0 Å². The maximum Gasteiger partial charge on any atom is 0.133 e. The van der Waals surface area contributed by atoms with E-state index in [4.69, 9.17) is 12.2 Å². The molecule has 0 bridgehead atoms. The van der Waals surface area contributed by atoms with E-state index in [1.165, 1.54) is 12.1 Å². The lowest BCUT2D eigenvalue weighted by Crippen LogP contribution is -2.05. The second-order valence-electron chi connectivity index (χ2n) is 5.14. The van der Waals surface area contributed by atoms with Crippen molar-refractivity contribution in [1.29, 1.82) is 0 Å². The molecule has 20 heavy (non-hydrogen) atoms. The first-order valence-electron chi connectivity index (χ1n) is 6.41. The first-order valence-corrected chi connectivity index (χ1v) is 6.82. The standard InChI is InChI=1S/C15H16F2N2S/c1-8(2)14-9(3)18-13(19-15(14)20)6-10-4-11(16)7-12(17)5-10/h4-5,7-8H,6H2,1-3H3,(H,18,19,20). The lowest BCUT2D eigenvalue weighted by molar-refractivity contribution is 0.580. The Morgan fingerprint density at radius 3 is 2.30 bits per heavy atom. The van der Waals surface area contributed by atoms with Crippen LogP contribution in [-0.2, 0) is 6.42 Å². The molecule has 106 valence electrons. The number of aryl methyl sites for hydroxylation is 1. The van der Waals surface area contributed by atoms with Crippen molar-refractivity contribution in [2.75, 3.05) is 0 Å². The van der Waals surface area contributed by atoms with Gasteiger partial charge in [-0.25, -0.2) is 13.8 Å². The highest BCUT2D eigenvalue weighted by Gasteiger charge is 2.10. The van der Waals surface area contributed by atoms with Gasteiger partial charge in [-0.2, -0.15) is 0 Å². The van der Waals surface area contributed by atoms with Gasteiger partial charge in [-0.05, 0) is 30.5 Å². The number of H-pyrrole nitrogens is 1. The highest BCUT2D eigenvalue weighted by molar-refractivity contribution is 7.71. The summed E-state index contributed by atoms with van der Waals surface area (Å²) in [6, 6.07) is 3.45. The van der Waals surface area contributed by atoms with Crippen LogP contribution in [0.4, 0.5) is 8.78 Å². The summed E-state index contributed by atoms with van der Waals surface area (Å²) < 4.78 is 26.9. The number of benzene rings is 1. The Bertz CT molecular complexity index is 673. The quantitative estimate of drug-likeness (QED) is 0.848. The summed E-state index contributed by atoms with van der Waals surface area (Å²) >= 11 is 5.29. The number of nitrogens with zero attached hydrogens (tertiary/aromatic N) is 1. The second kappa shape index (κ2) is 5.79. The maximum atomic E-state index is 13.2. The van der Waals surface area contributed by atoms with E-state index >= 15 is 0 Å². The van der Waals surface area contributed by atoms with Crippen LogP contribution in [0.5, 0.6) is 0 Å².